The molecule has 0 aromatic carbocycles. The number of hydrogen-bond donors (Lipinski definition) is 3. The largest absolute Gasteiger partial charge is 0.409 e. The highest BCUT2D eigenvalue weighted by atomic mass is 19.4. The fourth-order valence-electron chi connectivity index (χ4n) is 0.497. The summed E-state index contributed by atoms with van der Waals surface area (Å²) in [5, 5.41) is 12.7. The number of amidine groups is 1. The zero-order valence-electron chi connectivity index (χ0n) is 6.23. The molecule has 0 aromatic heterocycles. The topological polar surface area (TPSA) is 70.6 Å². The van der Waals surface area contributed by atoms with Crippen molar-refractivity contribution in [1.82, 2.24) is 5.32 Å². The number of halogens is 3. The first kappa shape index (κ1) is 11.0. The standard InChI is InChI=1S/C5H10F3N3O/c6-5(7,8)3-10-2-1-4(9)11-12/h10,12H,1-3H2,(H2,9,11). The van der Waals surface area contributed by atoms with Crippen LogP contribution in [0.1, 0.15) is 6.42 Å². The molecule has 72 valence electrons. The summed E-state index contributed by atoms with van der Waals surface area (Å²) >= 11 is 0. The molecule has 0 aromatic rings. The van der Waals surface area contributed by atoms with E-state index in [2.05, 4.69) is 10.5 Å². The van der Waals surface area contributed by atoms with E-state index in [1.807, 2.05) is 0 Å². The van der Waals surface area contributed by atoms with Gasteiger partial charge < -0.3 is 16.3 Å². The van der Waals surface area contributed by atoms with E-state index in [4.69, 9.17) is 10.9 Å². The fraction of sp³-hybridized carbons (Fsp3) is 0.800. The molecule has 0 amide bonds. The molecule has 0 aliphatic rings. The zero-order chi connectivity index (χ0) is 9.61. The Morgan fingerprint density at radius 2 is 2.08 bits per heavy atom. The second kappa shape index (κ2) is 4.81. The van der Waals surface area contributed by atoms with Crippen molar-refractivity contribution in [3.05, 3.63) is 0 Å². The second-order valence-corrected chi connectivity index (χ2v) is 2.13. The first-order valence-electron chi connectivity index (χ1n) is 3.19. The molecule has 4 nitrogen and oxygen atoms in total. The van der Waals surface area contributed by atoms with Crippen molar-refractivity contribution in [2.24, 2.45) is 10.9 Å². The van der Waals surface area contributed by atoms with E-state index in [1.54, 1.807) is 0 Å². The first-order chi connectivity index (χ1) is 5.45. The zero-order valence-corrected chi connectivity index (χ0v) is 6.23. The minimum atomic E-state index is -4.22. The van der Waals surface area contributed by atoms with Crippen molar-refractivity contribution in [1.29, 1.82) is 0 Å². The van der Waals surface area contributed by atoms with E-state index in [0.29, 0.717) is 0 Å². The van der Waals surface area contributed by atoms with E-state index in [-0.39, 0.29) is 18.8 Å². The Morgan fingerprint density at radius 1 is 1.50 bits per heavy atom. The van der Waals surface area contributed by atoms with E-state index < -0.39 is 12.7 Å². The molecule has 4 N–H and O–H groups in total. The second-order valence-electron chi connectivity index (χ2n) is 2.13. The van der Waals surface area contributed by atoms with Crippen molar-refractivity contribution < 1.29 is 18.4 Å². The summed E-state index contributed by atoms with van der Waals surface area (Å²) in [4.78, 5) is 0. The van der Waals surface area contributed by atoms with Crippen LogP contribution in [0.4, 0.5) is 13.2 Å². The van der Waals surface area contributed by atoms with Gasteiger partial charge in [-0.1, -0.05) is 5.16 Å². The highest BCUT2D eigenvalue weighted by molar-refractivity contribution is 5.79. The quantitative estimate of drug-likeness (QED) is 0.193. The van der Waals surface area contributed by atoms with Gasteiger partial charge in [-0.15, -0.1) is 0 Å². The Kier molecular flexibility index (Phi) is 4.42. The summed E-state index contributed by atoms with van der Waals surface area (Å²) in [6.45, 7) is -1.03. The van der Waals surface area contributed by atoms with Gasteiger partial charge in [0.05, 0.1) is 6.54 Å². The molecule has 0 bridgehead atoms. The molecule has 7 heteroatoms. The maximum atomic E-state index is 11.5. The van der Waals surface area contributed by atoms with Crippen LogP contribution in [0.15, 0.2) is 5.16 Å². The number of nitrogens with two attached hydrogens (primary N) is 1. The van der Waals surface area contributed by atoms with Crippen molar-refractivity contribution in [2.75, 3.05) is 13.1 Å². The van der Waals surface area contributed by atoms with Gasteiger partial charge in [0.15, 0.2) is 0 Å². The molecule has 0 unspecified atom stereocenters. The van der Waals surface area contributed by atoms with Crippen molar-refractivity contribution in [2.45, 2.75) is 12.6 Å². The third-order valence-corrected chi connectivity index (χ3v) is 1.01. The van der Waals surface area contributed by atoms with Crippen molar-refractivity contribution in [3.8, 4) is 0 Å². The monoisotopic (exact) mass is 185 g/mol. The lowest BCUT2D eigenvalue weighted by Crippen LogP contribution is -2.31. The minimum Gasteiger partial charge on any atom is -0.409 e. The lowest BCUT2D eigenvalue weighted by molar-refractivity contribution is -0.124. The molecule has 0 heterocycles. The fourth-order valence-corrected chi connectivity index (χ4v) is 0.497. The van der Waals surface area contributed by atoms with Crippen LogP contribution in [0.3, 0.4) is 0 Å². The maximum Gasteiger partial charge on any atom is 0.401 e. The smallest absolute Gasteiger partial charge is 0.401 e. The van der Waals surface area contributed by atoms with Gasteiger partial charge in [0.2, 0.25) is 0 Å². The van der Waals surface area contributed by atoms with Crippen LogP contribution >= 0.6 is 0 Å². The molecular formula is C5H10F3N3O. The highest BCUT2D eigenvalue weighted by Gasteiger charge is 2.25. The van der Waals surface area contributed by atoms with Crippen LogP contribution in [0.5, 0.6) is 0 Å². The lowest BCUT2D eigenvalue weighted by atomic mass is 10.4. The minimum absolute atomic E-state index is 0.0371. The number of nitrogens with zero attached hydrogens (tertiary/aromatic N) is 1. The van der Waals surface area contributed by atoms with Gasteiger partial charge >= 0.3 is 6.18 Å². The van der Waals surface area contributed by atoms with Crippen LogP contribution in [0, 0.1) is 0 Å². The predicted octanol–water partition coefficient (Wildman–Crippen LogP) is 0.275. The predicted molar refractivity (Wildman–Crippen MR) is 37.0 cm³/mol. The molecule has 12 heavy (non-hydrogen) atoms. The molecule has 0 spiro atoms. The maximum absolute atomic E-state index is 11.5. The number of hydrogen-bond acceptors (Lipinski definition) is 3. The molecule has 0 aliphatic carbocycles. The number of nitrogens with one attached hydrogen (secondary N) is 1. The molecule has 0 atom stereocenters. The van der Waals surface area contributed by atoms with Gasteiger partial charge in [-0.2, -0.15) is 13.2 Å². The Morgan fingerprint density at radius 3 is 2.50 bits per heavy atom. The third-order valence-electron chi connectivity index (χ3n) is 1.01. The first-order valence-corrected chi connectivity index (χ1v) is 3.19. The summed E-state index contributed by atoms with van der Waals surface area (Å²) in [5.41, 5.74) is 5.00. The van der Waals surface area contributed by atoms with Crippen LogP contribution in [-0.4, -0.2) is 30.3 Å². The van der Waals surface area contributed by atoms with Crippen LogP contribution in [0.2, 0.25) is 0 Å². The van der Waals surface area contributed by atoms with Crippen LogP contribution in [-0.2, 0) is 0 Å². The molecule has 0 saturated carbocycles. The molecule has 0 saturated heterocycles. The number of oxime groups is 1. The van der Waals surface area contributed by atoms with E-state index in [1.165, 1.54) is 0 Å². The normalized spacial score (nSPS) is 13.4. The van der Waals surface area contributed by atoms with Crippen molar-refractivity contribution in [3.63, 3.8) is 0 Å². The molecule has 0 fully saturated rings. The average molecular weight is 185 g/mol. The van der Waals surface area contributed by atoms with Gasteiger partial charge in [0.25, 0.3) is 0 Å². The Labute approximate surface area is 67.2 Å². The molecule has 0 rings (SSSR count). The summed E-state index contributed by atoms with van der Waals surface area (Å²) in [7, 11) is 0. The Bertz CT molecular complexity index is 157. The van der Waals surface area contributed by atoms with Gasteiger partial charge in [-0.3, -0.25) is 0 Å². The molecule has 0 aliphatic heterocycles. The third kappa shape index (κ3) is 7.13. The molecular weight excluding hydrogens is 175 g/mol. The van der Waals surface area contributed by atoms with Crippen molar-refractivity contribution >= 4 is 5.84 Å². The van der Waals surface area contributed by atoms with E-state index >= 15 is 0 Å². The van der Waals surface area contributed by atoms with Gasteiger partial charge in [-0.25, -0.2) is 0 Å². The van der Waals surface area contributed by atoms with Gasteiger partial charge in [0.1, 0.15) is 5.84 Å². The van der Waals surface area contributed by atoms with E-state index in [0.717, 1.165) is 0 Å². The van der Waals surface area contributed by atoms with Crippen LogP contribution in [0.25, 0.3) is 0 Å². The Hall–Kier alpha value is -0.980. The summed E-state index contributed by atoms with van der Waals surface area (Å²) in [6.07, 6.45) is -4.13. The Balaban J connectivity index is 3.34. The SMILES string of the molecule is NC(CCNCC(F)(F)F)=NO. The van der Waals surface area contributed by atoms with Gasteiger partial charge in [-0.05, 0) is 0 Å². The van der Waals surface area contributed by atoms with Gasteiger partial charge in [0, 0.05) is 13.0 Å². The number of alkyl halides is 3. The highest BCUT2D eigenvalue weighted by Crippen LogP contribution is 2.11. The average Bonchev–Trinajstić information content (AvgIpc) is 1.96. The summed E-state index contributed by atoms with van der Waals surface area (Å²) in [5.74, 6) is -0.0929. The lowest BCUT2D eigenvalue weighted by Gasteiger charge is -2.06. The summed E-state index contributed by atoms with van der Waals surface area (Å²) in [6, 6.07) is 0. The summed E-state index contributed by atoms with van der Waals surface area (Å²) < 4.78 is 34.5. The molecule has 0 radical (unpaired) electrons. The van der Waals surface area contributed by atoms with Crippen LogP contribution < -0.4 is 11.1 Å². The van der Waals surface area contributed by atoms with E-state index in [9.17, 15) is 13.2 Å². The number of rotatable bonds is 4.